The van der Waals surface area contributed by atoms with E-state index < -0.39 is 0 Å². The number of nitro benzene ring substituents is 1. The molecule has 2 rings (SSSR count). The summed E-state index contributed by atoms with van der Waals surface area (Å²) in [6, 6.07) is 4.79. The van der Waals surface area contributed by atoms with E-state index in [2.05, 4.69) is 17.3 Å². The van der Waals surface area contributed by atoms with Gasteiger partial charge in [-0.2, -0.15) is 0 Å². The molecule has 1 aromatic rings. The number of hydrogen-bond donors (Lipinski definition) is 1. The standard InChI is InChI=1S/C13H18ClN3O2/c1-16-6-5-10(9-16)7-15-8-11-12(14)3-2-4-13(11)17(18)19/h2-4,10,15H,5-9H2,1H3. The third-order valence-electron chi connectivity index (χ3n) is 3.51. The van der Waals surface area contributed by atoms with Crippen molar-refractivity contribution in [3.8, 4) is 0 Å². The Kier molecular flexibility index (Phi) is 4.74. The fourth-order valence-corrected chi connectivity index (χ4v) is 2.72. The minimum Gasteiger partial charge on any atom is -0.312 e. The fourth-order valence-electron chi connectivity index (χ4n) is 2.49. The van der Waals surface area contributed by atoms with E-state index in [9.17, 15) is 10.1 Å². The molecule has 0 spiro atoms. The first-order valence-electron chi connectivity index (χ1n) is 6.39. The van der Waals surface area contributed by atoms with Crippen molar-refractivity contribution < 1.29 is 4.92 Å². The average molecular weight is 284 g/mol. The second-order valence-corrected chi connectivity index (χ2v) is 5.45. The fraction of sp³-hybridized carbons (Fsp3) is 0.538. The molecule has 0 amide bonds. The van der Waals surface area contributed by atoms with Crippen LogP contribution in [0.15, 0.2) is 18.2 Å². The van der Waals surface area contributed by atoms with Crippen LogP contribution in [-0.2, 0) is 6.54 Å². The van der Waals surface area contributed by atoms with E-state index in [0.29, 0.717) is 23.0 Å². The molecule has 1 fully saturated rings. The highest BCUT2D eigenvalue weighted by atomic mass is 35.5. The number of nitrogens with one attached hydrogen (secondary N) is 1. The Balaban J connectivity index is 1.94. The molecular formula is C13H18ClN3O2. The van der Waals surface area contributed by atoms with Crippen LogP contribution < -0.4 is 5.32 Å². The van der Waals surface area contributed by atoms with Crippen molar-refractivity contribution in [2.24, 2.45) is 5.92 Å². The smallest absolute Gasteiger partial charge is 0.275 e. The maximum Gasteiger partial charge on any atom is 0.275 e. The van der Waals surface area contributed by atoms with Crippen LogP contribution in [0.5, 0.6) is 0 Å². The number of likely N-dealkylation sites (tertiary alicyclic amines) is 1. The van der Waals surface area contributed by atoms with Gasteiger partial charge in [0, 0.05) is 19.2 Å². The second kappa shape index (κ2) is 6.32. The summed E-state index contributed by atoms with van der Waals surface area (Å²) in [6.07, 6.45) is 1.17. The molecule has 0 aliphatic carbocycles. The Bertz CT molecular complexity index is 467. The summed E-state index contributed by atoms with van der Waals surface area (Å²) in [5.41, 5.74) is 0.657. The largest absolute Gasteiger partial charge is 0.312 e. The molecule has 1 atom stereocenters. The van der Waals surface area contributed by atoms with E-state index in [0.717, 1.165) is 19.6 Å². The molecule has 5 nitrogen and oxygen atoms in total. The van der Waals surface area contributed by atoms with Gasteiger partial charge < -0.3 is 10.2 Å². The van der Waals surface area contributed by atoms with Crippen LogP contribution in [0.3, 0.4) is 0 Å². The predicted octanol–water partition coefficient (Wildman–Crippen LogP) is 2.29. The van der Waals surface area contributed by atoms with Gasteiger partial charge >= 0.3 is 0 Å². The number of rotatable bonds is 5. The Hall–Kier alpha value is -1.17. The van der Waals surface area contributed by atoms with Crippen molar-refractivity contribution in [3.63, 3.8) is 0 Å². The van der Waals surface area contributed by atoms with Crippen molar-refractivity contribution in [2.75, 3.05) is 26.7 Å². The summed E-state index contributed by atoms with van der Waals surface area (Å²) in [7, 11) is 2.11. The SMILES string of the molecule is CN1CCC(CNCc2c(Cl)cccc2[N+](=O)[O-])C1. The van der Waals surface area contributed by atoms with E-state index in [-0.39, 0.29) is 10.6 Å². The molecule has 1 aliphatic rings. The molecule has 1 unspecified atom stereocenters. The highest BCUT2D eigenvalue weighted by Crippen LogP contribution is 2.26. The highest BCUT2D eigenvalue weighted by Gasteiger charge is 2.20. The van der Waals surface area contributed by atoms with Gasteiger partial charge in [-0.25, -0.2) is 0 Å². The second-order valence-electron chi connectivity index (χ2n) is 5.04. The topological polar surface area (TPSA) is 58.4 Å². The maximum absolute atomic E-state index is 10.9. The van der Waals surface area contributed by atoms with Gasteiger partial charge in [0.15, 0.2) is 0 Å². The Labute approximate surface area is 117 Å². The molecule has 0 radical (unpaired) electrons. The molecule has 1 N–H and O–H groups in total. The number of nitrogens with zero attached hydrogens (tertiary/aromatic N) is 2. The van der Waals surface area contributed by atoms with Gasteiger partial charge in [0.2, 0.25) is 0 Å². The first-order chi connectivity index (χ1) is 9.08. The van der Waals surface area contributed by atoms with Gasteiger partial charge in [0.25, 0.3) is 5.69 Å². The van der Waals surface area contributed by atoms with Crippen molar-refractivity contribution >= 4 is 17.3 Å². The molecule has 6 heteroatoms. The Morgan fingerprint density at radius 3 is 3.00 bits per heavy atom. The third kappa shape index (κ3) is 3.65. The highest BCUT2D eigenvalue weighted by molar-refractivity contribution is 6.31. The van der Waals surface area contributed by atoms with E-state index in [1.807, 2.05) is 0 Å². The lowest BCUT2D eigenvalue weighted by molar-refractivity contribution is -0.385. The average Bonchev–Trinajstić information content (AvgIpc) is 2.77. The molecule has 1 aromatic carbocycles. The van der Waals surface area contributed by atoms with E-state index in [4.69, 9.17) is 11.6 Å². The monoisotopic (exact) mass is 283 g/mol. The normalized spacial score (nSPS) is 19.8. The lowest BCUT2D eigenvalue weighted by Crippen LogP contribution is -2.25. The van der Waals surface area contributed by atoms with Crippen LogP contribution in [0, 0.1) is 16.0 Å². The summed E-state index contributed by atoms with van der Waals surface area (Å²) in [5.74, 6) is 0.617. The Morgan fingerprint density at radius 2 is 2.37 bits per heavy atom. The van der Waals surface area contributed by atoms with Gasteiger partial charge in [-0.05, 0) is 38.5 Å². The minimum absolute atomic E-state index is 0.0866. The molecular weight excluding hydrogens is 266 g/mol. The number of benzene rings is 1. The summed E-state index contributed by atoms with van der Waals surface area (Å²) in [5, 5.41) is 14.7. The molecule has 0 bridgehead atoms. The lowest BCUT2D eigenvalue weighted by Gasteiger charge is -2.12. The van der Waals surface area contributed by atoms with Gasteiger partial charge in [0.05, 0.1) is 15.5 Å². The summed E-state index contributed by atoms with van der Waals surface area (Å²) in [4.78, 5) is 12.9. The van der Waals surface area contributed by atoms with Crippen LogP contribution >= 0.6 is 11.6 Å². The van der Waals surface area contributed by atoms with Gasteiger partial charge in [-0.1, -0.05) is 17.7 Å². The molecule has 19 heavy (non-hydrogen) atoms. The number of nitro groups is 1. The van der Waals surface area contributed by atoms with Gasteiger partial charge in [-0.15, -0.1) is 0 Å². The van der Waals surface area contributed by atoms with Gasteiger partial charge in [0.1, 0.15) is 0 Å². The zero-order valence-corrected chi connectivity index (χ0v) is 11.7. The molecule has 1 saturated heterocycles. The predicted molar refractivity (Wildman–Crippen MR) is 75.4 cm³/mol. The minimum atomic E-state index is -0.383. The molecule has 0 aromatic heterocycles. The quantitative estimate of drug-likeness (QED) is 0.665. The zero-order valence-electron chi connectivity index (χ0n) is 10.9. The van der Waals surface area contributed by atoms with Crippen LogP contribution in [0.2, 0.25) is 5.02 Å². The van der Waals surface area contributed by atoms with Crippen LogP contribution in [0.4, 0.5) is 5.69 Å². The van der Waals surface area contributed by atoms with Crippen LogP contribution in [0.25, 0.3) is 0 Å². The van der Waals surface area contributed by atoms with E-state index in [1.165, 1.54) is 12.5 Å². The summed E-state index contributed by atoms with van der Waals surface area (Å²) >= 11 is 6.04. The lowest BCUT2D eigenvalue weighted by atomic mass is 10.1. The van der Waals surface area contributed by atoms with Crippen LogP contribution in [-0.4, -0.2) is 36.5 Å². The van der Waals surface area contributed by atoms with Gasteiger partial charge in [-0.3, -0.25) is 10.1 Å². The van der Waals surface area contributed by atoms with E-state index in [1.54, 1.807) is 12.1 Å². The first kappa shape index (κ1) is 14.2. The third-order valence-corrected chi connectivity index (χ3v) is 3.87. The number of halogens is 1. The Morgan fingerprint density at radius 1 is 1.58 bits per heavy atom. The van der Waals surface area contributed by atoms with Crippen molar-refractivity contribution in [1.29, 1.82) is 0 Å². The van der Waals surface area contributed by atoms with Crippen LogP contribution in [0.1, 0.15) is 12.0 Å². The molecule has 1 aliphatic heterocycles. The molecule has 104 valence electrons. The first-order valence-corrected chi connectivity index (χ1v) is 6.76. The van der Waals surface area contributed by atoms with E-state index >= 15 is 0 Å². The maximum atomic E-state index is 10.9. The van der Waals surface area contributed by atoms with Crippen molar-refractivity contribution in [2.45, 2.75) is 13.0 Å². The number of hydrogen-bond acceptors (Lipinski definition) is 4. The summed E-state index contributed by atoms with van der Waals surface area (Å²) < 4.78 is 0. The van der Waals surface area contributed by atoms with Crippen molar-refractivity contribution in [1.82, 2.24) is 10.2 Å². The zero-order chi connectivity index (χ0) is 13.8. The summed E-state index contributed by atoms with van der Waals surface area (Å²) in [6.45, 7) is 3.51. The molecule has 0 saturated carbocycles. The molecule has 1 heterocycles. The van der Waals surface area contributed by atoms with Crippen molar-refractivity contribution in [3.05, 3.63) is 38.9 Å².